The Morgan fingerprint density at radius 2 is 1.76 bits per heavy atom. The highest BCUT2D eigenvalue weighted by Crippen LogP contribution is 2.38. The van der Waals surface area contributed by atoms with E-state index in [4.69, 9.17) is 32.7 Å². The average molecular weight is 527 g/mol. The van der Waals surface area contributed by atoms with Gasteiger partial charge in [-0.2, -0.15) is 22.4 Å². The number of benzene rings is 2. The van der Waals surface area contributed by atoms with Gasteiger partial charge in [0, 0.05) is 38.1 Å². The molecule has 182 valence electrons. The summed E-state index contributed by atoms with van der Waals surface area (Å²) in [5.41, 5.74) is 1.91. The molecule has 0 bridgehead atoms. The molecule has 0 spiro atoms. The molecule has 13 heteroatoms. The van der Waals surface area contributed by atoms with Crippen LogP contribution in [0, 0.1) is 0 Å². The Bertz CT molecular complexity index is 1270. The number of aromatic nitrogens is 2. The molecule has 3 N–H and O–H groups in total. The SMILES string of the molecule is COc1cc(Nc2ncc(Cl)c(Nc3ccccc3CNS(=O)(=O)N(C)C)n2)cc(Cl)c1OC. The van der Waals surface area contributed by atoms with Gasteiger partial charge in [0.15, 0.2) is 17.3 Å². The average Bonchev–Trinajstić information content (AvgIpc) is 2.80. The summed E-state index contributed by atoms with van der Waals surface area (Å²) in [6, 6.07) is 10.5. The van der Waals surface area contributed by atoms with E-state index in [1.807, 2.05) is 6.07 Å². The molecule has 0 amide bonds. The van der Waals surface area contributed by atoms with Gasteiger partial charge in [0.1, 0.15) is 5.02 Å². The Balaban J connectivity index is 1.84. The number of hydrogen-bond donors (Lipinski definition) is 3. The second-order valence-corrected chi connectivity index (χ2v) is 9.88. The van der Waals surface area contributed by atoms with Crippen LogP contribution in [0.3, 0.4) is 0 Å². The summed E-state index contributed by atoms with van der Waals surface area (Å²) in [7, 11) is 2.33. The molecule has 0 aliphatic carbocycles. The van der Waals surface area contributed by atoms with Crippen molar-refractivity contribution >= 4 is 56.6 Å². The zero-order chi connectivity index (χ0) is 24.9. The van der Waals surface area contributed by atoms with E-state index < -0.39 is 10.2 Å². The Labute approximate surface area is 208 Å². The third kappa shape index (κ3) is 6.19. The maximum Gasteiger partial charge on any atom is 0.279 e. The van der Waals surface area contributed by atoms with Crippen molar-refractivity contribution in [2.45, 2.75) is 6.54 Å². The summed E-state index contributed by atoms with van der Waals surface area (Å²) in [5, 5.41) is 6.83. The molecular formula is C21H24Cl2N6O4S. The molecule has 0 atom stereocenters. The van der Waals surface area contributed by atoms with E-state index in [1.54, 1.807) is 30.3 Å². The summed E-state index contributed by atoms with van der Waals surface area (Å²) >= 11 is 12.6. The topological polar surface area (TPSA) is 118 Å². The minimum absolute atomic E-state index is 0.0711. The van der Waals surface area contributed by atoms with Gasteiger partial charge in [0.2, 0.25) is 5.95 Å². The zero-order valence-corrected chi connectivity index (χ0v) is 21.2. The van der Waals surface area contributed by atoms with Gasteiger partial charge in [-0.25, -0.2) is 4.98 Å². The van der Waals surface area contributed by atoms with Gasteiger partial charge < -0.3 is 20.1 Å². The monoisotopic (exact) mass is 526 g/mol. The number of para-hydroxylation sites is 1. The van der Waals surface area contributed by atoms with Gasteiger partial charge in [0.05, 0.1) is 25.4 Å². The van der Waals surface area contributed by atoms with Crippen LogP contribution in [0.1, 0.15) is 5.56 Å². The molecule has 3 rings (SSSR count). The molecule has 0 aliphatic rings. The first-order valence-corrected chi connectivity index (χ1v) is 12.1. The molecule has 0 aliphatic heterocycles. The standard InChI is InChI=1S/C21H24Cl2N6O4S/c1-29(2)34(30,31)25-11-13-7-5-6-8-17(13)27-20-16(23)12-24-21(28-20)26-14-9-15(22)19(33-4)18(10-14)32-3/h5-10,12,25H,11H2,1-4H3,(H2,24,26,27,28). The van der Waals surface area contributed by atoms with Gasteiger partial charge in [-0.3, -0.25) is 0 Å². The quantitative estimate of drug-likeness (QED) is 0.360. The lowest BCUT2D eigenvalue weighted by molar-refractivity contribution is 0.355. The van der Waals surface area contributed by atoms with Crippen LogP contribution >= 0.6 is 23.2 Å². The van der Waals surface area contributed by atoms with Crippen molar-refractivity contribution in [3.63, 3.8) is 0 Å². The molecule has 0 radical (unpaired) electrons. The first kappa shape index (κ1) is 25.8. The second-order valence-electron chi connectivity index (χ2n) is 7.10. The van der Waals surface area contributed by atoms with Crippen LogP contribution in [0.5, 0.6) is 11.5 Å². The molecule has 0 saturated heterocycles. The summed E-state index contributed by atoms with van der Waals surface area (Å²) in [6.07, 6.45) is 1.44. The van der Waals surface area contributed by atoms with E-state index >= 15 is 0 Å². The second kappa shape index (κ2) is 11.1. The zero-order valence-electron chi connectivity index (χ0n) is 18.9. The van der Waals surface area contributed by atoms with Crippen LogP contribution in [-0.2, 0) is 16.8 Å². The number of nitrogens with one attached hydrogen (secondary N) is 3. The fraction of sp³-hybridized carbons (Fsp3) is 0.238. The molecule has 0 fully saturated rings. The Morgan fingerprint density at radius 3 is 2.44 bits per heavy atom. The highest BCUT2D eigenvalue weighted by atomic mass is 35.5. The number of nitrogens with zero attached hydrogens (tertiary/aromatic N) is 3. The van der Waals surface area contributed by atoms with E-state index in [1.165, 1.54) is 34.5 Å². The van der Waals surface area contributed by atoms with Gasteiger partial charge >= 0.3 is 0 Å². The van der Waals surface area contributed by atoms with E-state index in [9.17, 15) is 8.42 Å². The van der Waals surface area contributed by atoms with Gasteiger partial charge in [0.25, 0.3) is 10.2 Å². The van der Waals surface area contributed by atoms with Crippen molar-refractivity contribution in [1.82, 2.24) is 19.0 Å². The van der Waals surface area contributed by atoms with E-state index in [0.29, 0.717) is 39.3 Å². The first-order chi connectivity index (χ1) is 16.1. The highest BCUT2D eigenvalue weighted by molar-refractivity contribution is 7.87. The fourth-order valence-corrected chi connectivity index (χ4v) is 3.88. The van der Waals surface area contributed by atoms with E-state index in [2.05, 4.69) is 25.3 Å². The largest absolute Gasteiger partial charge is 0.493 e. The maximum atomic E-state index is 12.1. The smallest absolute Gasteiger partial charge is 0.279 e. The highest BCUT2D eigenvalue weighted by Gasteiger charge is 2.15. The van der Waals surface area contributed by atoms with Crippen molar-refractivity contribution in [3.05, 3.63) is 58.2 Å². The Morgan fingerprint density at radius 1 is 1.03 bits per heavy atom. The van der Waals surface area contributed by atoms with Crippen LogP contribution in [-0.4, -0.2) is 51.0 Å². The van der Waals surface area contributed by atoms with Crippen molar-refractivity contribution in [2.24, 2.45) is 0 Å². The summed E-state index contributed by atoms with van der Waals surface area (Å²) in [4.78, 5) is 8.65. The van der Waals surface area contributed by atoms with E-state index in [-0.39, 0.29) is 17.5 Å². The summed E-state index contributed by atoms with van der Waals surface area (Å²) in [5.74, 6) is 1.43. The molecule has 10 nitrogen and oxygen atoms in total. The molecule has 2 aromatic carbocycles. The Kier molecular flexibility index (Phi) is 8.39. The van der Waals surface area contributed by atoms with Crippen molar-refractivity contribution in [3.8, 4) is 11.5 Å². The molecular weight excluding hydrogens is 503 g/mol. The van der Waals surface area contributed by atoms with Crippen LogP contribution < -0.4 is 24.8 Å². The lowest BCUT2D eigenvalue weighted by atomic mass is 10.2. The molecule has 34 heavy (non-hydrogen) atoms. The van der Waals surface area contributed by atoms with Crippen LogP contribution in [0.15, 0.2) is 42.6 Å². The normalized spacial score (nSPS) is 11.4. The van der Waals surface area contributed by atoms with Crippen molar-refractivity contribution < 1.29 is 17.9 Å². The van der Waals surface area contributed by atoms with Crippen molar-refractivity contribution in [2.75, 3.05) is 38.9 Å². The van der Waals surface area contributed by atoms with Gasteiger partial charge in [-0.1, -0.05) is 41.4 Å². The van der Waals surface area contributed by atoms with Gasteiger partial charge in [-0.15, -0.1) is 0 Å². The molecule has 1 heterocycles. The molecule has 1 aromatic heterocycles. The third-order valence-corrected chi connectivity index (χ3v) is 6.66. The van der Waals surface area contributed by atoms with Crippen LogP contribution in [0.2, 0.25) is 10.0 Å². The summed E-state index contributed by atoms with van der Waals surface area (Å²) < 4.78 is 38.3. The minimum Gasteiger partial charge on any atom is -0.493 e. The van der Waals surface area contributed by atoms with Crippen LogP contribution in [0.25, 0.3) is 0 Å². The minimum atomic E-state index is -3.59. The van der Waals surface area contributed by atoms with E-state index in [0.717, 1.165) is 4.31 Å². The predicted octanol–water partition coefficient (Wildman–Crippen LogP) is 4.18. The number of halogens is 2. The lowest BCUT2D eigenvalue weighted by Crippen LogP contribution is -2.35. The van der Waals surface area contributed by atoms with Crippen molar-refractivity contribution in [1.29, 1.82) is 0 Å². The van der Waals surface area contributed by atoms with Crippen LogP contribution in [0.4, 0.5) is 23.1 Å². The lowest BCUT2D eigenvalue weighted by Gasteiger charge is -2.16. The first-order valence-electron chi connectivity index (χ1n) is 9.87. The Hall–Kier alpha value is -2.83. The van der Waals surface area contributed by atoms with Gasteiger partial charge in [-0.05, 0) is 17.7 Å². The number of rotatable bonds is 10. The maximum absolute atomic E-state index is 12.1. The molecule has 0 unspecified atom stereocenters. The number of ether oxygens (including phenoxy) is 2. The molecule has 0 saturated carbocycles. The molecule has 3 aromatic rings. The fourth-order valence-electron chi connectivity index (χ4n) is 2.86. The third-order valence-electron chi connectivity index (χ3n) is 4.63. The number of anilines is 4. The number of methoxy groups -OCH3 is 2. The predicted molar refractivity (Wildman–Crippen MR) is 134 cm³/mol. The number of hydrogen-bond acceptors (Lipinski definition) is 8. The summed E-state index contributed by atoms with van der Waals surface area (Å²) in [6.45, 7) is 0.0711.